The molecule has 3 fully saturated rings. The second-order valence-corrected chi connectivity index (χ2v) is 11.5. The molecule has 6 nitrogen and oxygen atoms in total. The number of amides is 2. The minimum absolute atomic E-state index is 0.0366. The van der Waals surface area contributed by atoms with Gasteiger partial charge in [-0.1, -0.05) is 29.3 Å². The summed E-state index contributed by atoms with van der Waals surface area (Å²) in [7, 11) is 0. The second kappa shape index (κ2) is 11.6. The van der Waals surface area contributed by atoms with Crippen molar-refractivity contribution in [3.63, 3.8) is 0 Å². The zero-order valence-electron chi connectivity index (χ0n) is 21.0. The first-order valence-corrected chi connectivity index (χ1v) is 14.0. The van der Waals surface area contributed by atoms with Gasteiger partial charge in [0.2, 0.25) is 5.91 Å². The fraction of sp³-hybridized carbons (Fsp3) is 0.517. The number of hydrogen-bond donors (Lipinski definition) is 1. The lowest BCUT2D eigenvalue weighted by Crippen LogP contribution is -2.60. The fourth-order valence-corrected chi connectivity index (χ4v) is 5.95. The van der Waals surface area contributed by atoms with E-state index in [9.17, 15) is 9.59 Å². The van der Waals surface area contributed by atoms with Gasteiger partial charge in [-0.15, -0.1) is 0 Å². The van der Waals surface area contributed by atoms with Crippen LogP contribution < -0.4 is 10.1 Å². The third-order valence-corrected chi connectivity index (χ3v) is 8.45. The summed E-state index contributed by atoms with van der Waals surface area (Å²) in [5, 5.41) is 4.31. The Morgan fingerprint density at radius 3 is 2.68 bits per heavy atom. The quantitative estimate of drug-likeness (QED) is 0.449. The third-order valence-electron chi connectivity index (χ3n) is 7.86. The number of likely N-dealkylation sites (tertiary alicyclic amines) is 1. The second-order valence-electron chi connectivity index (χ2n) is 10.6. The lowest BCUT2D eigenvalue weighted by molar-refractivity contribution is -0.150. The first-order chi connectivity index (χ1) is 17.9. The topological polar surface area (TPSA) is 67.9 Å². The standard InChI is InChI=1S/C29H34Cl2N2O4/c30-23-8-4-21(25(31)16-23)7-11-27(34)33-14-12-26-29(19-33,13-1-15-36-26)18-32-28(35)22-5-9-24(10-6-22)37-17-20-2-3-20/h4-6,8-10,16,20,26H,1-3,7,11-15,17-19H2,(H,32,35)/t26-,29-/m1/s1. The van der Waals surface area contributed by atoms with Crippen molar-refractivity contribution in [2.45, 2.75) is 51.0 Å². The molecule has 1 saturated carbocycles. The molecule has 37 heavy (non-hydrogen) atoms. The van der Waals surface area contributed by atoms with Gasteiger partial charge in [-0.3, -0.25) is 9.59 Å². The number of fused-ring (bicyclic) bond motifs is 1. The van der Waals surface area contributed by atoms with E-state index in [1.807, 2.05) is 35.2 Å². The number of benzene rings is 2. The zero-order chi connectivity index (χ0) is 25.8. The Bertz CT molecular complexity index is 1120. The molecule has 0 unspecified atom stereocenters. The monoisotopic (exact) mass is 544 g/mol. The van der Waals surface area contributed by atoms with Crippen LogP contribution in [0.5, 0.6) is 5.75 Å². The molecular weight excluding hydrogens is 511 g/mol. The molecule has 5 rings (SSSR count). The number of nitrogens with one attached hydrogen (secondary N) is 1. The van der Waals surface area contributed by atoms with Gasteiger partial charge in [-0.25, -0.2) is 0 Å². The van der Waals surface area contributed by atoms with E-state index in [4.69, 9.17) is 32.7 Å². The van der Waals surface area contributed by atoms with Gasteiger partial charge < -0.3 is 19.7 Å². The van der Waals surface area contributed by atoms with Crippen LogP contribution in [0.15, 0.2) is 42.5 Å². The predicted molar refractivity (Wildman–Crippen MR) is 144 cm³/mol. The van der Waals surface area contributed by atoms with Crippen LogP contribution in [0.3, 0.4) is 0 Å². The van der Waals surface area contributed by atoms with Gasteiger partial charge in [0, 0.05) is 53.7 Å². The molecule has 0 spiro atoms. The van der Waals surface area contributed by atoms with Gasteiger partial charge in [-0.05, 0) is 86.4 Å². The Hall–Kier alpha value is -2.28. The molecule has 0 bridgehead atoms. The maximum absolute atomic E-state index is 13.2. The molecule has 0 aromatic heterocycles. The van der Waals surface area contributed by atoms with Crippen molar-refractivity contribution in [1.29, 1.82) is 0 Å². The van der Waals surface area contributed by atoms with Gasteiger partial charge >= 0.3 is 0 Å². The maximum atomic E-state index is 13.2. The number of halogens is 2. The van der Waals surface area contributed by atoms with Crippen molar-refractivity contribution in [2.24, 2.45) is 11.3 Å². The van der Waals surface area contributed by atoms with Crippen LogP contribution in [0.4, 0.5) is 0 Å². The normalized spacial score (nSPS) is 23.3. The van der Waals surface area contributed by atoms with E-state index in [1.54, 1.807) is 12.1 Å². The van der Waals surface area contributed by atoms with Crippen molar-refractivity contribution in [1.82, 2.24) is 10.2 Å². The minimum atomic E-state index is -0.285. The van der Waals surface area contributed by atoms with E-state index in [2.05, 4.69) is 5.32 Å². The lowest BCUT2D eigenvalue weighted by Gasteiger charge is -2.50. The Labute approximate surface area is 228 Å². The molecule has 2 amide bonds. The van der Waals surface area contributed by atoms with Gasteiger partial charge in [0.05, 0.1) is 12.7 Å². The molecule has 2 atom stereocenters. The van der Waals surface area contributed by atoms with Crippen LogP contribution in [-0.4, -0.2) is 55.7 Å². The number of hydrogen-bond acceptors (Lipinski definition) is 4. The highest BCUT2D eigenvalue weighted by Gasteiger charge is 2.47. The summed E-state index contributed by atoms with van der Waals surface area (Å²) < 4.78 is 11.9. The van der Waals surface area contributed by atoms with Crippen LogP contribution in [0.1, 0.15) is 54.4 Å². The molecule has 2 aromatic rings. The summed E-state index contributed by atoms with van der Waals surface area (Å²) in [6, 6.07) is 12.7. The molecule has 8 heteroatoms. The van der Waals surface area contributed by atoms with E-state index < -0.39 is 0 Å². The van der Waals surface area contributed by atoms with Crippen molar-refractivity contribution in [3.05, 3.63) is 63.6 Å². The molecule has 3 aliphatic rings. The van der Waals surface area contributed by atoms with Crippen LogP contribution in [-0.2, 0) is 16.0 Å². The first kappa shape index (κ1) is 26.3. The molecule has 2 saturated heterocycles. The van der Waals surface area contributed by atoms with Crippen molar-refractivity contribution < 1.29 is 19.1 Å². The Kier molecular flexibility index (Phi) is 8.28. The van der Waals surface area contributed by atoms with Crippen LogP contribution in [0.2, 0.25) is 10.0 Å². The largest absolute Gasteiger partial charge is 0.493 e. The molecule has 0 radical (unpaired) electrons. The molecular formula is C29H34Cl2N2O4. The van der Waals surface area contributed by atoms with E-state index in [-0.39, 0.29) is 23.3 Å². The summed E-state index contributed by atoms with van der Waals surface area (Å²) in [6.45, 7) is 3.20. The van der Waals surface area contributed by atoms with Gasteiger partial charge in [0.15, 0.2) is 0 Å². The van der Waals surface area contributed by atoms with E-state index >= 15 is 0 Å². The Balaban J connectivity index is 1.18. The van der Waals surface area contributed by atoms with Crippen molar-refractivity contribution >= 4 is 35.0 Å². The lowest BCUT2D eigenvalue weighted by atomic mass is 9.72. The number of rotatable bonds is 9. The smallest absolute Gasteiger partial charge is 0.251 e. The molecule has 2 aliphatic heterocycles. The fourth-order valence-electron chi connectivity index (χ4n) is 5.44. The van der Waals surface area contributed by atoms with Crippen molar-refractivity contribution in [3.8, 4) is 5.75 Å². The van der Waals surface area contributed by atoms with Crippen LogP contribution in [0.25, 0.3) is 0 Å². The highest BCUT2D eigenvalue weighted by atomic mass is 35.5. The first-order valence-electron chi connectivity index (χ1n) is 13.3. The third kappa shape index (κ3) is 6.60. The summed E-state index contributed by atoms with van der Waals surface area (Å²) in [6.07, 6.45) is 6.07. The molecule has 2 aromatic carbocycles. The SMILES string of the molecule is O=C(NC[C@@]12CCCO[C@@H]1CCN(C(=O)CCc1ccc(Cl)cc1Cl)C2)c1ccc(OCC2CC2)cc1. The number of nitrogens with zero attached hydrogens (tertiary/aromatic N) is 1. The van der Waals surface area contributed by atoms with E-state index in [1.165, 1.54) is 12.8 Å². The summed E-state index contributed by atoms with van der Waals surface area (Å²) in [5.74, 6) is 1.46. The number of carbonyl (C=O) groups is 2. The maximum Gasteiger partial charge on any atom is 0.251 e. The molecule has 2 heterocycles. The number of piperidine rings is 1. The Morgan fingerprint density at radius 2 is 1.92 bits per heavy atom. The molecule has 1 N–H and O–H groups in total. The van der Waals surface area contributed by atoms with E-state index in [0.29, 0.717) is 54.0 Å². The number of carbonyl (C=O) groups excluding carboxylic acids is 2. The van der Waals surface area contributed by atoms with Crippen molar-refractivity contribution in [2.75, 3.05) is 32.8 Å². The van der Waals surface area contributed by atoms with Gasteiger partial charge in [0.1, 0.15) is 5.75 Å². The highest BCUT2D eigenvalue weighted by Crippen LogP contribution is 2.40. The predicted octanol–water partition coefficient (Wildman–Crippen LogP) is 5.54. The van der Waals surface area contributed by atoms with E-state index in [0.717, 1.165) is 43.8 Å². The average molecular weight is 546 g/mol. The van der Waals surface area contributed by atoms with Crippen LogP contribution in [0, 0.1) is 11.3 Å². The summed E-state index contributed by atoms with van der Waals surface area (Å²) >= 11 is 12.3. The molecule has 198 valence electrons. The van der Waals surface area contributed by atoms with Gasteiger partial charge in [-0.2, -0.15) is 0 Å². The number of ether oxygens (including phenoxy) is 2. The summed E-state index contributed by atoms with van der Waals surface area (Å²) in [5.41, 5.74) is 1.24. The van der Waals surface area contributed by atoms with Crippen LogP contribution >= 0.6 is 23.2 Å². The zero-order valence-corrected chi connectivity index (χ0v) is 22.5. The summed E-state index contributed by atoms with van der Waals surface area (Å²) in [4.78, 5) is 28.1. The average Bonchev–Trinajstić information content (AvgIpc) is 3.74. The molecule has 1 aliphatic carbocycles. The van der Waals surface area contributed by atoms with Gasteiger partial charge in [0.25, 0.3) is 5.91 Å². The number of aryl methyl sites for hydroxylation is 1. The Morgan fingerprint density at radius 1 is 1.11 bits per heavy atom. The highest BCUT2D eigenvalue weighted by molar-refractivity contribution is 6.35. The minimum Gasteiger partial charge on any atom is -0.493 e.